The third-order valence-corrected chi connectivity index (χ3v) is 8.51. The number of imide groups is 1. The van der Waals surface area contributed by atoms with Crippen LogP contribution in [0.25, 0.3) is 0 Å². The van der Waals surface area contributed by atoms with Gasteiger partial charge in [-0.15, -0.1) is 0 Å². The first kappa shape index (κ1) is 20.9. The second-order valence-corrected chi connectivity index (χ2v) is 10.3. The fraction of sp³-hybridized carbons (Fsp3) is 0.346. The van der Waals surface area contributed by atoms with Crippen molar-refractivity contribution in [3.05, 3.63) is 76.3 Å². The van der Waals surface area contributed by atoms with Crippen LogP contribution in [0.4, 0.5) is 5.69 Å². The summed E-state index contributed by atoms with van der Waals surface area (Å²) >= 11 is 12.1. The molecular weight excluding hydrogens is 459 g/mol. The van der Waals surface area contributed by atoms with E-state index in [1.807, 2.05) is 30.3 Å². The maximum absolute atomic E-state index is 13.6. The van der Waals surface area contributed by atoms with Crippen molar-refractivity contribution in [3.63, 3.8) is 0 Å². The maximum Gasteiger partial charge on any atom is 0.248 e. The topological polar surface area (TPSA) is 66.5 Å². The summed E-state index contributed by atoms with van der Waals surface area (Å²) in [5, 5.41) is 3.54. The first-order valence-electron chi connectivity index (χ1n) is 11.3. The lowest BCUT2D eigenvalue weighted by Crippen LogP contribution is -2.49. The Morgan fingerprint density at radius 1 is 0.939 bits per heavy atom. The van der Waals surface area contributed by atoms with Gasteiger partial charge in [0.15, 0.2) is 0 Å². The van der Waals surface area contributed by atoms with Crippen LogP contribution in [0.5, 0.6) is 0 Å². The van der Waals surface area contributed by atoms with Crippen molar-refractivity contribution >= 4 is 46.6 Å². The molecule has 1 saturated heterocycles. The first-order chi connectivity index (χ1) is 15.9. The fourth-order valence-electron chi connectivity index (χ4n) is 6.23. The minimum absolute atomic E-state index is 0.113. The quantitative estimate of drug-likeness (QED) is 0.502. The molecule has 0 radical (unpaired) electrons. The average Bonchev–Trinajstić information content (AvgIpc) is 3.59. The second kappa shape index (κ2) is 7.71. The van der Waals surface area contributed by atoms with Crippen molar-refractivity contribution in [1.29, 1.82) is 0 Å². The van der Waals surface area contributed by atoms with E-state index in [-0.39, 0.29) is 41.9 Å². The molecule has 7 atom stereocenters. The molecule has 3 amide bonds. The van der Waals surface area contributed by atoms with Crippen molar-refractivity contribution < 1.29 is 14.4 Å². The van der Waals surface area contributed by atoms with Crippen molar-refractivity contribution in [2.24, 2.45) is 35.5 Å². The van der Waals surface area contributed by atoms with E-state index >= 15 is 0 Å². The molecule has 5 aliphatic rings. The summed E-state index contributed by atoms with van der Waals surface area (Å²) in [6.07, 6.45) is 5.62. The number of carbonyl (C=O) groups excluding carboxylic acids is 3. The molecule has 1 heterocycles. The number of rotatable bonds is 5. The molecule has 7 heteroatoms. The highest BCUT2D eigenvalue weighted by molar-refractivity contribution is 6.42. The molecule has 1 aliphatic heterocycles. The molecular formula is C26H22Cl2N2O3. The molecule has 3 fully saturated rings. The van der Waals surface area contributed by atoms with Gasteiger partial charge in [-0.2, -0.15) is 0 Å². The number of hydrogen-bond acceptors (Lipinski definition) is 3. The minimum atomic E-state index is -0.941. The smallest absolute Gasteiger partial charge is 0.248 e. The Labute approximate surface area is 201 Å². The van der Waals surface area contributed by atoms with Gasteiger partial charge in [0.25, 0.3) is 0 Å². The predicted molar refractivity (Wildman–Crippen MR) is 126 cm³/mol. The van der Waals surface area contributed by atoms with Crippen LogP contribution in [0, 0.1) is 35.5 Å². The highest BCUT2D eigenvalue weighted by atomic mass is 35.5. The highest BCUT2D eigenvalue weighted by Gasteiger charge is 2.67. The zero-order valence-corrected chi connectivity index (χ0v) is 19.2. The SMILES string of the molecule is O=C(Nc1ccc(Cl)c(Cl)c1)[C@@H](Cc1ccccc1)N1C(=O)[C@@H]2[C@@H]3C=C[C@H]([C@H]4C[C@H]34)[C@@H]2C1=O. The van der Waals surface area contributed by atoms with Gasteiger partial charge < -0.3 is 5.32 Å². The third kappa shape index (κ3) is 3.32. The summed E-state index contributed by atoms with van der Waals surface area (Å²) in [7, 11) is 0. The van der Waals surface area contributed by atoms with Gasteiger partial charge in [0, 0.05) is 12.1 Å². The Bertz CT molecular complexity index is 1160. The third-order valence-electron chi connectivity index (χ3n) is 7.77. The Hall–Kier alpha value is -2.63. The van der Waals surface area contributed by atoms with Crippen LogP contribution in [0.15, 0.2) is 60.7 Å². The van der Waals surface area contributed by atoms with E-state index in [0.29, 0.717) is 27.6 Å². The van der Waals surface area contributed by atoms with E-state index in [0.717, 1.165) is 12.0 Å². The molecule has 1 N–H and O–H groups in total. The molecule has 4 aliphatic carbocycles. The summed E-state index contributed by atoms with van der Waals surface area (Å²) in [6, 6.07) is 13.3. The summed E-state index contributed by atoms with van der Waals surface area (Å²) in [5.74, 6) is -0.266. The number of carbonyl (C=O) groups is 3. The molecule has 2 bridgehead atoms. The van der Waals surface area contributed by atoms with Crippen LogP contribution in [0.2, 0.25) is 10.0 Å². The lowest BCUT2D eigenvalue weighted by Gasteiger charge is -2.37. The molecule has 5 nitrogen and oxygen atoms in total. The van der Waals surface area contributed by atoms with Crippen LogP contribution in [0.1, 0.15) is 12.0 Å². The summed E-state index contributed by atoms with van der Waals surface area (Å²) in [4.78, 5) is 42.0. The number of nitrogens with zero attached hydrogens (tertiary/aromatic N) is 1. The molecule has 2 aromatic carbocycles. The summed E-state index contributed by atoms with van der Waals surface area (Å²) in [6.45, 7) is 0. The zero-order valence-electron chi connectivity index (χ0n) is 17.7. The van der Waals surface area contributed by atoms with Gasteiger partial charge in [-0.25, -0.2) is 0 Å². The van der Waals surface area contributed by atoms with E-state index in [1.54, 1.807) is 18.2 Å². The van der Waals surface area contributed by atoms with Crippen molar-refractivity contribution in [3.8, 4) is 0 Å². The Balaban J connectivity index is 1.33. The van der Waals surface area contributed by atoms with Gasteiger partial charge in [-0.3, -0.25) is 19.3 Å². The number of anilines is 1. The Morgan fingerprint density at radius 2 is 1.58 bits per heavy atom. The number of nitrogens with one attached hydrogen (secondary N) is 1. The van der Waals surface area contributed by atoms with Crippen molar-refractivity contribution in [2.75, 3.05) is 5.32 Å². The monoisotopic (exact) mass is 480 g/mol. The molecule has 0 unspecified atom stereocenters. The van der Waals surface area contributed by atoms with Crippen LogP contribution < -0.4 is 5.32 Å². The zero-order chi connectivity index (χ0) is 22.9. The normalized spacial score (nSPS) is 31.9. The molecule has 0 aromatic heterocycles. The van der Waals surface area contributed by atoms with Crippen molar-refractivity contribution in [2.45, 2.75) is 18.9 Å². The van der Waals surface area contributed by atoms with Crippen LogP contribution in [-0.2, 0) is 20.8 Å². The number of likely N-dealkylation sites (tertiary alicyclic amines) is 1. The minimum Gasteiger partial charge on any atom is -0.324 e. The number of halogens is 2. The molecule has 7 rings (SSSR count). The molecule has 2 saturated carbocycles. The van der Waals surface area contributed by atoms with E-state index in [4.69, 9.17) is 23.2 Å². The summed E-state index contributed by atoms with van der Waals surface area (Å²) in [5.41, 5.74) is 1.35. The van der Waals surface area contributed by atoms with Gasteiger partial charge in [-0.1, -0.05) is 65.7 Å². The van der Waals surface area contributed by atoms with Gasteiger partial charge in [0.2, 0.25) is 17.7 Å². The predicted octanol–water partition coefficient (Wildman–Crippen LogP) is 4.60. The van der Waals surface area contributed by atoms with E-state index in [2.05, 4.69) is 17.5 Å². The second-order valence-electron chi connectivity index (χ2n) is 9.52. The standard InChI is InChI=1S/C26H22Cl2N2O3/c27-19-9-6-14(11-20(19)28)29-24(31)21(10-13-4-2-1-3-5-13)30-25(32)22-15-7-8-16(18-12-17(15)18)23(22)26(30)33/h1-9,11,15-18,21-23H,10,12H2,(H,29,31)/t15-,16-,17-,18-,21-,22-,23+/m1/s1. The van der Waals surface area contributed by atoms with Gasteiger partial charge in [0.1, 0.15) is 6.04 Å². The van der Waals surface area contributed by atoms with Gasteiger partial charge in [0.05, 0.1) is 21.9 Å². The lowest BCUT2D eigenvalue weighted by atomic mass is 9.63. The summed E-state index contributed by atoms with van der Waals surface area (Å²) < 4.78 is 0. The molecule has 168 valence electrons. The number of amides is 3. The maximum atomic E-state index is 13.6. The van der Waals surface area contributed by atoms with Crippen LogP contribution in [0.3, 0.4) is 0 Å². The van der Waals surface area contributed by atoms with E-state index < -0.39 is 11.9 Å². The molecule has 33 heavy (non-hydrogen) atoms. The van der Waals surface area contributed by atoms with E-state index in [9.17, 15) is 14.4 Å². The number of hydrogen-bond donors (Lipinski definition) is 1. The lowest BCUT2D eigenvalue weighted by molar-refractivity contribution is -0.146. The van der Waals surface area contributed by atoms with Crippen LogP contribution >= 0.6 is 23.2 Å². The van der Waals surface area contributed by atoms with Gasteiger partial charge in [-0.05, 0) is 53.9 Å². The van der Waals surface area contributed by atoms with Crippen LogP contribution in [-0.4, -0.2) is 28.7 Å². The van der Waals surface area contributed by atoms with Crippen molar-refractivity contribution in [1.82, 2.24) is 4.90 Å². The largest absolute Gasteiger partial charge is 0.324 e. The average molecular weight is 481 g/mol. The Morgan fingerprint density at radius 3 is 2.18 bits per heavy atom. The number of allylic oxidation sites excluding steroid dienone is 2. The molecule has 0 spiro atoms. The number of benzene rings is 2. The Kier molecular flexibility index (Phi) is 4.89. The fourth-order valence-corrected chi connectivity index (χ4v) is 6.52. The first-order valence-corrected chi connectivity index (χ1v) is 12.0. The molecule has 2 aromatic rings. The van der Waals surface area contributed by atoms with Gasteiger partial charge >= 0.3 is 0 Å². The highest BCUT2D eigenvalue weighted by Crippen LogP contribution is 2.65. The van der Waals surface area contributed by atoms with E-state index in [1.165, 1.54) is 4.90 Å².